The molecule has 17 heavy (non-hydrogen) atoms. The third-order valence-electron chi connectivity index (χ3n) is 2.82. The molecule has 0 amide bonds. The molecular formula is C15H15FO. The summed E-state index contributed by atoms with van der Waals surface area (Å²) in [7, 11) is 0. The normalized spacial score (nSPS) is 10.3. The summed E-state index contributed by atoms with van der Waals surface area (Å²) < 4.78 is 18.6. The van der Waals surface area contributed by atoms with Crippen molar-refractivity contribution in [3.63, 3.8) is 0 Å². The summed E-state index contributed by atoms with van der Waals surface area (Å²) in [6.07, 6.45) is 0. The summed E-state index contributed by atoms with van der Waals surface area (Å²) >= 11 is 0. The van der Waals surface area contributed by atoms with Crippen LogP contribution in [0.3, 0.4) is 0 Å². The maximum absolute atomic E-state index is 13.0. The van der Waals surface area contributed by atoms with Gasteiger partial charge in [0.25, 0.3) is 0 Å². The van der Waals surface area contributed by atoms with Crippen molar-refractivity contribution in [2.75, 3.05) is 0 Å². The number of rotatable bonds is 3. The van der Waals surface area contributed by atoms with Gasteiger partial charge in [0.05, 0.1) is 0 Å². The van der Waals surface area contributed by atoms with Gasteiger partial charge in [0.1, 0.15) is 18.2 Å². The quantitative estimate of drug-likeness (QED) is 0.773. The van der Waals surface area contributed by atoms with Crippen LogP contribution in [0.1, 0.15) is 16.7 Å². The second kappa shape index (κ2) is 5.00. The van der Waals surface area contributed by atoms with E-state index in [1.54, 1.807) is 12.1 Å². The van der Waals surface area contributed by atoms with Crippen LogP contribution < -0.4 is 4.74 Å². The highest BCUT2D eigenvalue weighted by molar-refractivity contribution is 5.33. The van der Waals surface area contributed by atoms with Gasteiger partial charge in [-0.25, -0.2) is 4.39 Å². The van der Waals surface area contributed by atoms with E-state index in [-0.39, 0.29) is 5.82 Å². The third kappa shape index (κ3) is 2.84. The molecular weight excluding hydrogens is 215 g/mol. The zero-order valence-electron chi connectivity index (χ0n) is 10.0. The molecule has 2 rings (SSSR count). The molecule has 1 nitrogen and oxygen atoms in total. The van der Waals surface area contributed by atoms with E-state index in [4.69, 9.17) is 4.74 Å². The predicted molar refractivity (Wildman–Crippen MR) is 66.6 cm³/mol. The Balaban J connectivity index is 2.13. The largest absolute Gasteiger partial charge is 0.489 e. The summed E-state index contributed by atoms with van der Waals surface area (Å²) in [4.78, 5) is 0. The van der Waals surface area contributed by atoms with Crippen LogP contribution >= 0.6 is 0 Å². The van der Waals surface area contributed by atoms with Crippen molar-refractivity contribution < 1.29 is 9.13 Å². The van der Waals surface area contributed by atoms with Crippen molar-refractivity contribution in [2.45, 2.75) is 20.5 Å². The Morgan fingerprint density at radius 1 is 1.00 bits per heavy atom. The van der Waals surface area contributed by atoms with Gasteiger partial charge >= 0.3 is 0 Å². The molecule has 0 saturated heterocycles. The molecule has 2 aromatic carbocycles. The molecule has 0 aliphatic rings. The first-order chi connectivity index (χ1) is 8.16. The smallest absolute Gasteiger partial charge is 0.126 e. The van der Waals surface area contributed by atoms with Gasteiger partial charge in [-0.3, -0.25) is 0 Å². The van der Waals surface area contributed by atoms with Crippen LogP contribution in [-0.4, -0.2) is 0 Å². The zero-order valence-corrected chi connectivity index (χ0v) is 10.0. The molecule has 0 spiro atoms. The number of halogens is 1. The summed E-state index contributed by atoms with van der Waals surface area (Å²) in [6.45, 7) is 4.58. The average Bonchev–Trinajstić information content (AvgIpc) is 2.28. The third-order valence-corrected chi connectivity index (χ3v) is 2.82. The van der Waals surface area contributed by atoms with Crippen LogP contribution in [-0.2, 0) is 6.61 Å². The SMILES string of the molecule is Cc1cccc(C)c1COc1cccc(F)c1. The zero-order chi connectivity index (χ0) is 12.3. The van der Waals surface area contributed by atoms with Crippen LogP contribution in [0, 0.1) is 19.7 Å². The molecule has 0 N–H and O–H groups in total. The molecule has 0 unspecified atom stereocenters. The first kappa shape index (κ1) is 11.6. The van der Waals surface area contributed by atoms with Crippen LogP contribution in [0.4, 0.5) is 4.39 Å². The average molecular weight is 230 g/mol. The van der Waals surface area contributed by atoms with E-state index in [0.29, 0.717) is 12.4 Å². The Morgan fingerprint density at radius 2 is 1.65 bits per heavy atom. The van der Waals surface area contributed by atoms with Crippen molar-refractivity contribution in [1.82, 2.24) is 0 Å². The molecule has 2 aromatic rings. The maximum atomic E-state index is 13.0. The van der Waals surface area contributed by atoms with E-state index in [9.17, 15) is 4.39 Å². The standard InChI is InChI=1S/C15H15FO/c1-11-5-3-6-12(2)15(11)10-17-14-8-4-7-13(16)9-14/h3-9H,10H2,1-2H3. The highest BCUT2D eigenvalue weighted by Crippen LogP contribution is 2.18. The number of aryl methyl sites for hydroxylation is 2. The molecule has 0 heterocycles. The predicted octanol–water partition coefficient (Wildman–Crippen LogP) is 4.02. The second-order valence-electron chi connectivity index (χ2n) is 4.12. The minimum atomic E-state index is -0.274. The molecule has 0 aliphatic heterocycles. The van der Waals surface area contributed by atoms with Gasteiger partial charge in [-0.15, -0.1) is 0 Å². The lowest BCUT2D eigenvalue weighted by Crippen LogP contribution is -2.00. The Hall–Kier alpha value is -1.83. The highest BCUT2D eigenvalue weighted by Gasteiger charge is 2.03. The first-order valence-electron chi connectivity index (χ1n) is 5.60. The van der Waals surface area contributed by atoms with E-state index in [2.05, 4.69) is 26.0 Å². The minimum absolute atomic E-state index is 0.274. The van der Waals surface area contributed by atoms with Gasteiger partial charge in [0.15, 0.2) is 0 Å². The van der Waals surface area contributed by atoms with E-state index in [1.807, 2.05) is 6.07 Å². The Kier molecular flexibility index (Phi) is 3.43. The lowest BCUT2D eigenvalue weighted by Gasteiger charge is -2.11. The highest BCUT2D eigenvalue weighted by atomic mass is 19.1. The Labute approximate surface area is 101 Å². The Bertz CT molecular complexity index is 500. The fraction of sp³-hybridized carbons (Fsp3) is 0.200. The first-order valence-corrected chi connectivity index (χ1v) is 5.60. The van der Waals surface area contributed by atoms with Gasteiger partial charge in [0.2, 0.25) is 0 Å². The van der Waals surface area contributed by atoms with Gasteiger partial charge in [-0.1, -0.05) is 24.3 Å². The van der Waals surface area contributed by atoms with Crippen molar-refractivity contribution in [2.24, 2.45) is 0 Å². The maximum Gasteiger partial charge on any atom is 0.126 e. The van der Waals surface area contributed by atoms with Gasteiger partial charge in [-0.05, 0) is 42.7 Å². The molecule has 0 saturated carbocycles. The van der Waals surface area contributed by atoms with Crippen LogP contribution in [0.25, 0.3) is 0 Å². The van der Waals surface area contributed by atoms with Crippen LogP contribution in [0.5, 0.6) is 5.75 Å². The fourth-order valence-electron chi connectivity index (χ4n) is 1.79. The molecule has 0 atom stereocenters. The number of ether oxygens (including phenoxy) is 1. The summed E-state index contributed by atoms with van der Waals surface area (Å²) in [5, 5.41) is 0. The lowest BCUT2D eigenvalue weighted by molar-refractivity contribution is 0.303. The summed E-state index contributed by atoms with van der Waals surface area (Å²) in [5.74, 6) is 0.289. The fourth-order valence-corrected chi connectivity index (χ4v) is 1.79. The minimum Gasteiger partial charge on any atom is -0.489 e. The topological polar surface area (TPSA) is 9.23 Å². The van der Waals surface area contributed by atoms with Crippen LogP contribution in [0.2, 0.25) is 0 Å². The van der Waals surface area contributed by atoms with E-state index < -0.39 is 0 Å². The molecule has 2 heteroatoms. The lowest BCUT2D eigenvalue weighted by atomic mass is 10.0. The molecule has 0 fully saturated rings. The van der Waals surface area contributed by atoms with Crippen molar-refractivity contribution >= 4 is 0 Å². The van der Waals surface area contributed by atoms with Crippen LogP contribution in [0.15, 0.2) is 42.5 Å². The summed E-state index contributed by atoms with van der Waals surface area (Å²) in [5.41, 5.74) is 3.56. The van der Waals surface area contributed by atoms with E-state index in [1.165, 1.54) is 23.3 Å². The van der Waals surface area contributed by atoms with Gasteiger partial charge in [0, 0.05) is 6.07 Å². The van der Waals surface area contributed by atoms with E-state index >= 15 is 0 Å². The number of hydrogen-bond acceptors (Lipinski definition) is 1. The second-order valence-corrected chi connectivity index (χ2v) is 4.12. The van der Waals surface area contributed by atoms with Crippen molar-refractivity contribution in [1.29, 1.82) is 0 Å². The molecule has 0 aromatic heterocycles. The molecule has 88 valence electrons. The molecule has 0 bridgehead atoms. The summed E-state index contributed by atoms with van der Waals surface area (Å²) in [6, 6.07) is 12.3. The van der Waals surface area contributed by atoms with Gasteiger partial charge < -0.3 is 4.74 Å². The molecule has 0 aliphatic carbocycles. The van der Waals surface area contributed by atoms with Gasteiger partial charge in [-0.2, -0.15) is 0 Å². The number of hydrogen-bond donors (Lipinski definition) is 0. The number of benzene rings is 2. The Morgan fingerprint density at radius 3 is 2.29 bits per heavy atom. The van der Waals surface area contributed by atoms with Crippen molar-refractivity contribution in [3.05, 3.63) is 65.0 Å². The molecule has 0 radical (unpaired) electrons. The monoisotopic (exact) mass is 230 g/mol. The van der Waals surface area contributed by atoms with E-state index in [0.717, 1.165) is 5.56 Å². The van der Waals surface area contributed by atoms with Crippen molar-refractivity contribution in [3.8, 4) is 5.75 Å².